The van der Waals surface area contributed by atoms with Crippen LogP contribution < -0.4 is 23.7 Å². The first-order valence-corrected chi connectivity index (χ1v) is 15.1. The normalized spacial score (nSPS) is 18.1. The highest BCUT2D eigenvalue weighted by atomic mass is 35.5. The summed E-state index contributed by atoms with van der Waals surface area (Å²) in [6, 6.07) is 5.92. The number of fused-ring (bicyclic) bond motifs is 5. The Bertz CT molecular complexity index is 1400. The van der Waals surface area contributed by atoms with Crippen molar-refractivity contribution in [3.8, 4) is 28.7 Å². The number of carbonyl (C=O) groups is 4. The van der Waals surface area contributed by atoms with Crippen molar-refractivity contribution in [3.63, 3.8) is 0 Å². The minimum absolute atomic E-state index is 0.0134. The molecular weight excluding hydrogens is 744 g/mol. The summed E-state index contributed by atoms with van der Waals surface area (Å²) in [7, 11) is 1.38. The fourth-order valence-corrected chi connectivity index (χ4v) is 4.62. The van der Waals surface area contributed by atoms with E-state index in [0.717, 1.165) is 0 Å². The van der Waals surface area contributed by atoms with Gasteiger partial charge in [-0.3, -0.25) is 0 Å². The fraction of sp³-hybridized carbons (Fsp3) is 0.360. The predicted molar refractivity (Wildman–Crippen MR) is 160 cm³/mol. The van der Waals surface area contributed by atoms with E-state index in [1.165, 1.54) is 25.3 Å². The van der Waals surface area contributed by atoms with Crippen molar-refractivity contribution in [1.29, 1.82) is 0 Å². The van der Waals surface area contributed by atoms with Crippen LogP contribution in [-0.4, -0.2) is 68.0 Å². The summed E-state index contributed by atoms with van der Waals surface area (Å²) in [5.41, 5.74) is 0.117. The largest absolute Gasteiger partial charge is 0.493 e. The van der Waals surface area contributed by atoms with Gasteiger partial charge in [-0.05, 0) is 29.3 Å². The molecule has 0 radical (unpaired) electrons. The van der Waals surface area contributed by atoms with E-state index in [0.29, 0.717) is 23.0 Å². The molecule has 2 aromatic carbocycles. The smallest absolute Gasteiger partial charge is 0.345 e. The number of hydrogen-bond acceptors (Lipinski definition) is 10. The van der Waals surface area contributed by atoms with Crippen LogP contribution in [0, 0.1) is 0 Å². The molecule has 0 aromatic heterocycles. The van der Waals surface area contributed by atoms with Gasteiger partial charge in [0.1, 0.15) is 12.2 Å². The molecule has 234 valence electrons. The van der Waals surface area contributed by atoms with Crippen molar-refractivity contribution >= 4 is 117 Å². The van der Waals surface area contributed by atoms with Crippen LogP contribution in [-0.2, 0) is 25.6 Å². The minimum atomic E-state index is -1.58. The van der Waals surface area contributed by atoms with Gasteiger partial charge in [-0.2, -0.15) is 0 Å². The van der Waals surface area contributed by atoms with E-state index in [2.05, 4.69) is 0 Å². The predicted octanol–water partition coefficient (Wildman–Crippen LogP) is 5.62. The number of hydrogen-bond donors (Lipinski definition) is 1. The summed E-state index contributed by atoms with van der Waals surface area (Å²) in [5.74, 6) is -4.23. The third-order valence-electron chi connectivity index (χ3n) is 5.92. The van der Waals surface area contributed by atoms with E-state index in [1.807, 2.05) is 0 Å². The second-order valence-electron chi connectivity index (χ2n) is 8.65. The van der Waals surface area contributed by atoms with Crippen molar-refractivity contribution in [1.82, 2.24) is 0 Å². The average molecular weight is 762 g/mol. The fourth-order valence-electron chi connectivity index (χ4n) is 4.35. The number of ether oxygens (including phenoxy) is 5. The average Bonchev–Trinajstić information content (AvgIpc) is 3.24. The molecule has 0 amide bonds. The SMILES string of the molecule is COc1cc2c(cc1OC(=O)C(Cl)Cl)[C@@H]1c3ccc(OC(=O)C(Cl)Cl)c(OC(=O)C(Cl)Cl)c3OC[C@]1(O)C2.O=CC(Cl)Cl. The van der Waals surface area contributed by atoms with Crippen LogP contribution in [0.2, 0.25) is 0 Å². The Morgan fingerprint density at radius 2 is 1.40 bits per heavy atom. The van der Waals surface area contributed by atoms with Crippen LogP contribution in [0.25, 0.3) is 0 Å². The number of esters is 3. The number of halogens is 8. The molecule has 0 unspecified atom stereocenters. The van der Waals surface area contributed by atoms with Crippen LogP contribution in [0.4, 0.5) is 0 Å². The molecule has 18 heteroatoms. The van der Waals surface area contributed by atoms with Gasteiger partial charge in [0.25, 0.3) is 0 Å². The third-order valence-corrected chi connectivity index (χ3v) is 7.19. The maximum absolute atomic E-state index is 12.3. The van der Waals surface area contributed by atoms with Gasteiger partial charge < -0.3 is 33.6 Å². The molecule has 2 aliphatic rings. The van der Waals surface area contributed by atoms with Crippen LogP contribution in [0.15, 0.2) is 24.3 Å². The zero-order chi connectivity index (χ0) is 32.2. The van der Waals surface area contributed by atoms with Gasteiger partial charge in [0, 0.05) is 17.9 Å². The Balaban J connectivity index is 0.000000934. The Morgan fingerprint density at radius 1 is 0.860 bits per heavy atom. The van der Waals surface area contributed by atoms with Crippen LogP contribution in [0.3, 0.4) is 0 Å². The molecule has 2 aromatic rings. The maximum Gasteiger partial charge on any atom is 0.345 e. The van der Waals surface area contributed by atoms with Gasteiger partial charge in [-0.15, -0.1) is 0 Å². The topological polar surface area (TPSA) is 135 Å². The van der Waals surface area contributed by atoms with E-state index in [1.54, 1.807) is 6.07 Å². The van der Waals surface area contributed by atoms with Crippen LogP contribution >= 0.6 is 92.8 Å². The second-order valence-corrected chi connectivity index (χ2v) is 13.1. The highest BCUT2D eigenvalue weighted by Crippen LogP contribution is 2.56. The molecule has 1 aliphatic heterocycles. The van der Waals surface area contributed by atoms with Crippen molar-refractivity contribution in [2.45, 2.75) is 37.3 Å². The molecule has 43 heavy (non-hydrogen) atoms. The highest BCUT2D eigenvalue weighted by Gasteiger charge is 2.51. The first-order chi connectivity index (χ1) is 20.1. The summed E-state index contributed by atoms with van der Waals surface area (Å²) in [6.07, 6.45) is 0.589. The summed E-state index contributed by atoms with van der Waals surface area (Å²) >= 11 is 43.4. The zero-order valence-electron chi connectivity index (χ0n) is 21.3. The van der Waals surface area contributed by atoms with E-state index >= 15 is 0 Å². The quantitative estimate of drug-likeness (QED) is 0.156. The number of aldehydes is 1. The number of rotatable bonds is 8. The Morgan fingerprint density at radius 3 is 1.91 bits per heavy atom. The summed E-state index contributed by atoms with van der Waals surface area (Å²) in [6.45, 7) is -0.261. The first-order valence-electron chi connectivity index (χ1n) is 11.6. The molecule has 1 N–H and O–H groups in total. The second kappa shape index (κ2) is 15.1. The van der Waals surface area contributed by atoms with E-state index in [-0.39, 0.29) is 41.8 Å². The number of aliphatic hydroxyl groups is 1. The summed E-state index contributed by atoms with van der Waals surface area (Å²) < 4.78 is 26.9. The number of methoxy groups -OCH3 is 1. The van der Waals surface area contributed by atoms with Crippen LogP contribution in [0.5, 0.6) is 28.7 Å². The third kappa shape index (κ3) is 8.36. The molecule has 0 spiro atoms. The van der Waals surface area contributed by atoms with E-state index in [4.69, 9.17) is 116 Å². The van der Waals surface area contributed by atoms with Gasteiger partial charge in [0.15, 0.2) is 34.1 Å². The zero-order valence-corrected chi connectivity index (χ0v) is 27.4. The Kier molecular flexibility index (Phi) is 12.6. The van der Waals surface area contributed by atoms with Gasteiger partial charge in [-0.25, -0.2) is 14.4 Å². The van der Waals surface area contributed by atoms with Gasteiger partial charge >= 0.3 is 17.9 Å². The van der Waals surface area contributed by atoms with Crippen molar-refractivity contribution in [2.24, 2.45) is 0 Å². The number of carbonyl (C=O) groups excluding carboxylic acids is 4. The van der Waals surface area contributed by atoms with Crippen molar-refractivity contribution in [2.75, 3.05) is 13.7 Å². The van der Waals surface area contributed by atoms with E-state index < -0.39 is 48.8 Å². The maximum atomic E-state index is 12.3. The minimum Gasteiger partial charge on any atom is -0.493 e. The molecule has 0 saturated heterocycles. The Hall–Kier alpha value is -1.60. The highest BCUT2D eigenvalue weighted by molar-refractivity contribution is 6.54. The monoisotopic (exact) mass is 758 g/mol. The van der Waals surface area contributed by atoms with Gasteiger partial charge in [0.05, 0.1) is 7.11 Å². The van der Waals surface area contributed by atoms with Gasteiger partial charge in [0.2, 0.25) is 20.3 Å². The Labute approximate surface area is 284 Å². The lowest BCUT2D eigenvalue weighted by molar-refractivity contribution is -0.135. The lowest BCUT2D eigenvalue weighted by Crippen LogP contribution is -2.44. The number of alkyl halides is 8. The molecule has 0 saturated carbocycles. The van der Waals surface area contributed by atoms with Crippen molar-refractivity contribution in [3.05, 3.63) is 41.0 Å². The summed E-state index contributed by atoms with van der Waals surface area (Å²) in [4.78, 5) is 40.2. The summed E-state index contributed by atoms with van der Waals surface area (Å²) in [5, 5.41) is 11.6. The van der Waals surface area contributed by atoms with Crippen LogP contribution in [0.1, 0.15) is 22.6 Å². The lowest BCUT2D eigenvalue weighted by Gasteiger charge is -2.37. The first kappa shape index (κ1) is 35.9. The lowest BCUT2D eigenvalue weighted by atomic mass is 9.80. The molecule has 4 rings (SSSR count). The molecule has 0 fully saturated rings. The van der Waals surface area contributed by atoms with Crippen molar-refractivity contribution < 1.29 is 48.0 Å². The number of benzene rings is 2. The molecular formula is C25H18Cl8O10. The molecule has 0 bridgehead atoms. The molecule has 1 heterocycles. The van der Waals surface area contributed by atoms with E-state index in [9.17, 15) is 24.3 Å². The molecule has 2 atom stereocenters. The van der Waals surface area contributed by atoms with Gasteiger partial charge in [-0.1, -0.05) is 98.9 Å². The standard InChI is InChI=1S/C23H16Cl6O9.C2H2Cl2O/c1-34-12-4-8-6-23(33)7-35-15-9(14(23)10(8)5-13(12)37-21(31)18(26)27)2-3-11(36-20(30)17(24)25)16(15)38-22(32)19(28)29;3-2(4)1-5/h2-5,14,17-19,33H,6-7H2,1H3;1-2H/t14-,23+;/m0./s1. The molecule has 10 nitrogen and oxygen atoms in total. The molecule has 1 aliphatic carbocycles.